The lowest BCUT2D eigenvalue weighted by molar-refractivity contribution is 0.660. The van der Waals surface area contributed by atoms with Gasteiger partial charge in [-0.25, -0.2) is 0 Å². The van der Waals surface area contributed by atoms with Gasteiger partial charge < -0.3 is 9.80 Å². The van der Waals surface area contributed by atoms with Crippen molar-refractivity contribution in [3.05, 3.63) is 201 Å². The summed E-state index contributed by atoms with van der Waals surface area (Å²) in [5.74, 6) is 0.0792. The summed E-state index contributed by atoms with van der Waals surface area (Å²) < 4.78 is 0. The van der Waals surface area contributed by atoms with E-state index in [4.69, 9.17) is 0 Å². The first kappa shape index (κ1) is 43.8. The molecule has 0 fully saturated rings. The van der Waals surface area contributed by atoms with Crippen LogP contribution in [0.1, 0.15) is 132 Å². The summed E-state index contributed by atoms with van der Waals surface area (Å²) in [4.78, 5) is 5.00. The maximum absolute atomic E-state index is 2.58. The lowest BCUT2D eigenvalue weighted by atomic mass is 9.85. The zero-order valence-electron chi connectivity index (χ0n) is 39.3. The SMILES string of the molecule is CCCCCCc1cc(CCCCCC)cc(C2c3cc(N(c4ccccc4)c4c(C)cc(C)cc4C)ccc3-c3ccc(N(c4ccccc4)c4c(C)cc(C)cc4C)cc32)c1. The molecule has 1 aliphatic carbocycles. The second-order valence-electron chi connectivity index (χ2n) is 18.5. The minimum Gasteiger partial charge on any atom is -0.310 e. The molecule has 7 aromatic carbocycles. The number of hydrogen-bond acceptors (Lipinski definition) is 2. The predicted molar refractivity (Wildman–Crippen MR) is 273 cm³/mol. The fourth-order valence-corrected chi connectivity index (χ4v) is 10.7. The Kier molecular flexibility index (Phi) is 13.7. The van der Waals surface area contributed by atoms with Crippen molar-refractivity contribution in [1.82, 2.24) is 0 Å². The van der Waals surface area contributed by atoms with Gasteiger partial charge in [0.25, 0.3) is 0 Å². The maximum Gasteiger partial charge on any atom is 0.0520 e. The van der Waals surface area contributed by atoms with Crippen molar-refractivity contribution in [3.63, 3.8) is 0 Å². The molecule has 0 heterocycles. The molecule has 2 heteroatoms. The molecular weight excluding hydrogens is 761 g/mol. The molecule has 0 saturated heterocycles. The molecule has 1 aliphatic rings. The van der Waals surface area contributed by atoms with Crippen LogP contribution in [0.4, 0.5) is 34.1 Å². The van der Waals surface area contributed by atoms with E-state index in [1.54, 1.807) is 0 Å². The van der Waals surface area contributed by atoms with Crippen LogP contribution in [0.25, 0.3) is 11.1 Å². The van der Waals surface area contributed by atoms with E-state index in [1.165, 1.54) is 158 Å². The Balaban J connectivity index is 1.35. The van der Waals surface area contributed by atoms with Crippen molar-refractivity contribution < 1.29 is 0 Å². The quantitative estimate of drug-likeness (QED) is 0.0844. The van der Waals surface area contributed by atoms with Gasteiger partial charge in [-0.3, -0.25) is 0 Å². The third-order valence-corrected chi connectivity index (χ3v) is 13.3. The summed E-state index contributed by atoms with van der Waals surface area (Å²) in [6, 6.07) is 53.6. The minimum absolute atomic E-state index is 0.0792. The molecule has 0 amide bonds. The average molecular weight is 829 g/mol. The zero-order valence-corrected chi connectivity index (χ0v) is 39.3. The van der Waals surface area contributed by atoms with Gasteiger partial charge >= 0.3 is 0 Å². The molecule has 2 nitrogen and oxygen atoms in total. The van der Waals surface area contributed by atoms with Gasteiger partial charge in [0, 0.05) is 28.7 Å². The average Bonchev–Trinajstić information content (AvgIpc) is 3.59. The fourth-order valence-electron chi connectivity index (χ4n) is 10.7. The van der Waals surface area contributed by atoms with Crippen LogP contribution in [0, 0.1) is 41.5 Å². The molecule has 0 aliphatic heterocycles. The molecule has 8 rings (SSSR count). The molecule has 0 bridgehead atoms. The van der Waals surface area contributed by atoms with Crippen molar-refractivity contribution >= 4 is 34.1 Å². The van der Waals surface area contributed by atoms with Gasteiger partial charge in [0.1, 0.15) is 0 Å². The first-order chi connectivity index (χ1) is 30.6. The van der Waals surface area contributed by atoms with Crippen LogP contribution in [-0.4, -0.2) is 0 Å². The Hall–Kier alpha value is -5.86. The number of hydrogen-bond donors (Lipinski definition) is 0. The largest absolute Gasteiger partial charge is 0.310 e. The number of para-hydroxylation sites is 2. The number of benzene rings is 7. The second kappa shape index (κ2) is 19.7. The molecule has 63 heavy (non-hydrogen) atoms. The van der Waals surface area contributed by atoms with E-state index in [1.807, 2.05) is 0 Å². The first-order valence-corrected chi connectivity index (χ1v) is 23.9. The Labute approximate surface area is 379 Å². The van der Waals surface area contributed by atoms with Crippen molar-refractivity contribution in [2.75, 3.05) is 9.80 Å². The van der Waals surface area contributed by atoms with Gasteiger partial charge in [-0.2, -0.15) is 0 Å². The number of rotatable bonds is 17. The highest BCUT2D eigenvalue weighted by Crippen LogP contribution is 2.53. The van der Waals surface area contributed by atoms with Crippen LogP contribution >= 0.6 is 0 Å². The van der Waals surface area contributed by atoms with Gasteiger partial charge in [-0.1, -0.05) is 154 Å². The number of nitrogens with zero attached hydrogens (tertiary/aromatic N) is 2. The van der Waals surface area contributed by atoms with E-state index >= 15 is 0 Å². The van der Waals surface area contributed by atoms with E-state index in [-0.39, 0.29) is 5.92 Å². The summed E-state index contributed by atoms with van der Waals surface area (Å²) in [5.41, 5.74) is 24.8. The lowest BCUT2D eigenvalue weighted by Gasteiger charge is -2.30. The van der Waals surface area contributed by atoms with Crippen molar-refractivity contribution in [1.29, 1.82) is 0 Å². The van der Waals surface area contributed by atoms with E-state index in [0.29, 0.717) is 0 Å². The molecule has 0 radical (unpaired) electrons. The Bertz CT molecular complexity index is 2440. The summed E-state index contributed by atoms with van der Waals surface area (Å²) in [5, 5.41) is 0. The third kappa shape index (κ3) is 9.42. The molecule has 7 aromatic rings. The van der Waals surface area contributed by atoms with E-state index in [0.717, 1.165) is 12.8 Å². The number of aryl methyl sites for hydroxylation is 8. The zero-order chi connectivity index (χ0) is 44.0. The molecule has 0 spiro atoms. The Morgan fingerprint density at radius 2 is 0.778 bits per heavy atom. The molecule has 322 valence electrons. The van der Waals surface area contributed by atoms with Crippen LogP contribution < -0.4 is 9.80 Å². The standard InChI is InChI=1S/C61H68N2/c1-9-11-13-17-23-48-37-49(24-18-14-12-10-2)39-50(38-48)59-57-40-53(62(51-25-19-15-20-26-51)60-44(5)33-42(3)34-45(60)6)29-31-55(57)56-32-30-54(41-58(56)59)63(52-27-21-16-22-28-52)61-46(7)35-43(4)36-47(61)8/h15-16,19-22,25-41,59H,9-14,17-18,23-24H2,1-8H3. The van der Waals surface area contributed by atoms with Crippen LogP contribution in [0.2, 0.25) is 0 Å². The van der Waals surface area contributed by atoms with Gasteiger partial charge in [-0.15, -0.1) is 0 Å². The number of anilines is 6. The highest BCUT2D eigenvalue weighted by atomic mass is 15.2. The molecule has 0 aromatic heterocycles. The first-order valence-electron chi connectivity index (χ1n) is 23.9. The fraction of sp³-hybridized carbons (Fsp3) is 0.311. The summed E-state index contributed by atoms with van der Waals surface area (Å²) in [6.07, 6.45) is 12.4. The molecule has 0 N–H and O–H groups in total. The molecule has 0 unspecified atom stereocenters. The smallest absolute Gasteiger partial charge is 0.0520 e. The van der Waals surface area contributed by atoms with Gasteiger partial charge in [-0.05, 0) is 177 Å². The van der Waals surface area contributed by atoms with Crippen molar-refractivity contribution in [2.24, 2.45) is 0 Å². The van der Waals surface area contributed by atoms with Gasteiger partial charge in [0.2, 0.25) is 0 Å². The molecule has 0 saturated carbocycles. The Morgan fingerprint density at radius 3 is 1.16 bits per heavy atom. The van der Waals surface area contributed by atoms with Gasteiger partial charge in [0.15, 0.2) is 0 Å². The number of fused-ring (bicyclic) bond motifs is 3. The van der Waals surface area contributed by atoms with E-state index in [2.05, 4.69) is 205 Å². The van der Waals surface area contributed by atoms with E-state index < -0.39 is 0 Å². The molecule has 0 atom stereocenters. The summed E-state index contributed by atoms with van der Waals surface area (Å²) in [6.45, 7) is 18.1. The third-order valence-electron chi connectivity index (χ3n) is 13.3. The molecular formula is C61H68N2. The van der Waals surface area contributed by atoms with Crippen LogP contribution in [0.3, 0.4) is 0 Å². The highest BCUT2D eigenvalue weighted by molar-refractivity contribution is 5.89. The van der Waals surface area contributed by atoms with Crippen molar-refractivity contribution in [2.45, 2.75) is 126 Å². The monoisotopic (exact) mass is 829 g/mol. The van der Waals surface area contributed by atoms with E-state index in [9.17, 15) is 0 Å². The maximum atomic E-state index is 2.58. The summed E-state index contributed by atoms with van der Waals surface area (Å²) in [7, 11) is 0. The van der Waals surface area contributed by atoms with Gasteiger partial charge in [0.05, 0.1) is 11.4 Å². The lowest BCUT2D eigenvalue weighted by Crippen LogP contribution is -2.14. The normalized spacial score (nSPS) is 12.1. The van der Waals surface area contributed by atoms with Crippen LogP contribution in [-0.2, 0) is 12.8 Å². The minimum atomic E-state index is 0.0792. The second-order valence-corrected chi connectivity index (χ2v) is 18.5. The topological polar surface area (TPSA) is 6.48 Å². The van der Waals surface area contributed by atoms with Crippen LogP contribution in [0.5, 0.6) is 0 Å². The van der Waals surface area contributed by atoms with Crippen molar-refractivity contribution in [3.8, 4) is 11.1 Å². The summed E-state index contributed by atoms with van der Waals surface area (Å²) >= 11 is 0. The Morgan fingerprint density at radius 1 is 0.381 bits per heavy atom. The predicted octanol–water partition coefficient (Wildman–Crippen LogP) is 17.9. The highest BCUT2D eigenvalue weighted by Gasteiger charge is 2.33. The van der Waals surface area contributed by atoms with Crippen LogP contribution in [0.15, 0.2) is 140 Å². The number of unbranched alkanes of at least 4 members (excludes halogenated alkanes) is 6.